The molecule has 0 amide bonds. The van der Waals surface area contributed by atoms with Crippen molar-refractivity contribution in [3.05, 3.63) is 73.1 Å². The van der Waals surface area contributed by atoms with Crippen LogP contribution in [0.2, 0.25) is 0 Å². The zero-order valence-corrected chi connectivity index (χ0v) is 34.2. The van der Waals surface area contributed by atoms with E-state index in [1.54, 1.807) is 12.3 Å². The van der Waals surface area contributed by atoms with Gasteiger partial charge in [-0.1, -0.05) is 132 Å². The van der Waals surface area contributed by atoms with Crippen molar-refractivity contribution >= 4 is 13.8 Å². The smallest absolute Gasteiger partial charge is 0.472 e. The van der Waals surface area contributed by atoms with Gasteiger partial charge in [-0.25, -0.2) is 4.57 Å². The summed E-state index contributed by atoms with van der Waals surface area (Å²) in [5.74, 6) is -0.439. The van der Waals surface area contributed by atoms with E-state index in [9.17, 15) is 19.4 Å². The molecule has 4 N–H and O–H groups in total. The summed E-state index contributed by atoms with van der Waals surface area (Å²) in [6, 6.07) is 0. The van der Waals surface area contributed by atoms with E-state index in [1.807, 2.05) is 42.5 Å². The van der Waals surface area contributed by atoms with E-state index >= 15 is 0 Å². The predicted molar refractivity (Wildman–Crippen MR) is 220 cm³/mol. The Balaban J connectivity index is 4.31. The van der Waals surface area contributed by atoms with E-state index in [0.717, 1.165) is 25.7 Å². The maximum Gasteiger partial charge on any atom is 0.472 e. The molecule has 9 nitrogen and oxygen atoms in total. The van der Waals surface area contributed by atoms with E-state index in [1.165, 1.54) is 89.9 Å². The average Bonchev–Trinajstić information content (AvgIpc) is 3.14. The van der Waals surface area contributed by atoms with Crippen LogP contribution in [-0.2, 0) is 27.9 Å². The number of aliphatic hydroxyl groups excluding tert-OH is 1. The lowest BCUT2D eigenvalue weighted by Gasteiger charge is -2.19. The van der Waals surface area contributed by atoms with Gasteiger partial charge in [0.25, 0.3) is 0 Å². The van der Waals surface area contributed by atoms with Crippen LogP contribution in [0.25, 0.3) is 0 Å². The van der Waals surface area contributed by atoms with E-state index in [0.29, 0.717) is 19.3 Å². The second-order valence-corrected chi connectivity index (χ2v) is 14.9. The number of phosphoric acid groups is 1. The lowest BCUT2D eigenvalue weighted by atomic mass is 10.1. The molecule has 0 saturated heterocycles. The third-order valence-electron chi connectivity index (χ3n) is 8.24. The van der Waals surface area contributed by atoms with Crippen molar-refractivity contribution in [1.82, 2.24) is 0 Å². The van der Waals surface area contributed by atoms with Crippen molar-refractivity contribution < 1.29 is 37.9 Å². The highest BCUT2D eigenvalue weighted by Crippen LogP contribution is 2.43. The monoisotopic (exact) mass is 766 g/mol. The number of esters is 1. The summed E-state index contributed by atoms with van der Waals surface area (Å²) in [5.41, 5.74) is 5.35. The minimum Gasteiger partial charge on any atom is -0.498 e. The standard InChI is InChI=1S/C43H76NO8P/c1-3-5-7-9-11-12-13-14-15-16-17-18-19-24-28-32-37-49-39-42(40-51-53(47,48)50-38-36-44)52-43(46)35-31-27-23-20-22-26-30-34-41(45)33-29-25-21-10-8-6-4-2/h12-13,20-21,23,25-26,29-30,32-33,37,41-42,45H,3-11,14-19,22,24,27-28,31,34-36,38-40,44H2,1-2H3,(H,47,48)/b13-12-,23-20+,25-21-,30-26-,33-29-,37-32+/t41-,42+/m0/s1. The molecule has 0 saturated carbocycles. The molecule has 0 fully saturated rings. The van der Waals surface area contributed by atoms with Crippen LogP contribution in [0.5, 0.6) is 0 Å². The highest BCUT2D eigenvalue weighted by atomic mass is 31.2. The first-order valence-electron chi connectivity index (χ1n) is 20.6. The number of carbonyl (C=O) groups is 1. The Morgan fingerprint density at radius 3 is 1.94 bits per heavy atom. The number of unbranched alkanes of at least 4 members (excludes halogenated alkanes) is 15. The quantitative estimate of drug-likeness (QED) is 0.0140. The number of phosphoric ester groups is 1. The van der Waals surface area contributed by atoms with Gasteiger partial charge in [-0.2, -0.15) is 0 Å². The Morgan fingerprint density at radius 2 is 1.25 bits per heavy atom. The summed E-state index contributed by atoms with van der Waals surface area (Å²) >= 11 is 0. The average molecular weight is 766 g/mol. The molecule has 0 aromatic heterocycles. The molecule has 3 atom stereocenters. The number of hydrogen-bond donors (Lipinski definition) is 3. The number of ether oxygens (including phenoxy) is 2. The van der Waals surface area contributed by atoms with Gasteiger partial charge in [0.05, 0.1) is 25.6 Å². The Labute approximate surface area is 323 Å². The molecule has 0 aliphatic rings. The second kappa shape index (κ2) is 39.4. The van der Waals surface area contributed by atoms with Gasteiger partial charge in [0.15, 0.2) is 6.10 Å². The summed E-state index contributed by atoms with van der Waals surface area (Å²) in [7, 11) is -4.33. The molecule has 0 aliphatic heterocycles. The topological polar surface area (TPSA) is 138 Å². The normalized spacial score (nSPS) is 14.8. The van der Waals surface area contributed by atoms with Crippen molar-refractivity contribution in [1.29, 1.82) is 0 Å². The largest absolute Gasteiger partial charge is 0.498 e. The fourth-order valence-corrected chi connectivity index (χ4v) is 5.91. The minimum atomic E-state index is -4.33. The molecule has 0 aromatic carbocycles. The Bertz CT molecular complexity index is 1050. The van der Waals surface area contributed by atoms with E-state index in [2.05, 4.69) is 32.1 Å². The van der Waals surface area contributed by atoms with Gasteiger partial charge in [-0.05, 0) is 83.1 Å². The summed E-state index contributed by atoms with van der Waals surface area (Å²) in [6.07, 6.45) is 46.1. The molecule has 0 bridgehead atoms. The summed E-state index contributed by atoms with van der Waals surface area (Å²) < 4.78 is 33.0. The van der Waals surface area contributed by atoms with Crippen LogP contribution in [-0.4, -0.2) is 54.5 Å². The first-order valence-corrected chi connectivity index (χ1v) is 22.1. The molecule has 0 aliphatic carbocycles. The number of hydrogen-bond acceptors (Lipinski definition) is 8. The van der Waals surface area contributed by atoms with E-state index < -0.39 is 26.0 Å². The van der Waals surface area contributed by atoms with Crippen molar-refractivity contribution in [2.45, 2.75) is 167 Å². The predicted octanol–water partition coefficient (Wildman–Crippen LogP) is 11.3. The number of aliphatic hydroxyl groups is 1. The Morgan fingerprint density at radius 1 is 0.679 bits per heavy atom. The highest BCUT2D eigenvalue weighted by molar-refractivity contribution is 7.47. The SMILES string of the molecule is CCCCC/C=C\C=C/[C@H](O)C/C=C\C/C=C/CCCC(=O)O[C@H](CO/C=C/CCCCCCCC/C=C\CCCCCC)COP(=O)(O)OCCN. The molecule has 0 heterocycles. The third-order valence-corrected chi connectivity index (χ3v) is 9.22. The van der Waals surface area contributed by atoms with Crippen LogP contribution < -0.4 is 5.73 Å². The molecule has 0 rings (SSSR count). The fraction of sp³-hybridized carbons (Fsp3) is 0.698. The van der Waals surface area contributed by atoms with Gasteiger partial charge in [-0.15, -0.1) is 0 Å². The minimum absolute atomic E-state index is 0.0151. The molecule has 53 heavy (non-hydrogen) atoms. The third kappa shape index (κ3) is 39.3. The van der Waals surface area contributed by atoms with Crippen LogP contribution in [0.15, 0.2) is 73.1 Å². The van der Waals surface area contributed by atoms with Crippen LogP contribution in [0, 0.1) is 0 Å². The number of carbonyl (C=O) groups excluding carboxylic acids is 1. The molecule has 1 unspecified atom stereocenters. The maximum absolute atomic E-state index is 12.5. The molecule has 10 heteroatoms. The summed E-state index contributed by atoms with van der Waals surface area (Å²) in [6.45, 7) is 4.01. The van der Waals surface area contributed by atoms with E-state index in [4.69, 9.17) is 24.3 Å². The maximum atomic E-state index is 12.5. The van der Waals surface area contributed by atoms with E-state index in [-0.39, 0.29) is 32.8 Å². The van der Waals surface area contributed by atoms with Gasteiger partial charge in [-0.3, -0.25) is 13.8 Å². The lowest BCUT2D eigenvalue weighted by molar-refractivity contribution is -0.153. The lowest BCUT2D eigenvalue weighted by Crippen LogP contribution is -2.27. The summed E-state index contributed by atoms with van der Waals surface area (Å²) in [5, 5.41) is 10.1. The van der Waals surface area contributed by atoms with Crippen LogP contribution >= 0.6 is 7.82 Å². The highest BCUT2D eigenvalue weighted by Gasteiger charge is 2.25. The van der Waals surface area contributed by atoms with Crippen molar-refractivity contribution in [2.75, 3.05) is 26.4 Å². The number of nitrogens with two attached hydrogens (primary N) is 1. The van der Waals surface area contributed by atoms with Crippen molar-refractivity contribution in [3.63, 3.8) is 0 Å². The molecule has 0 aromatic rings. The zero-order valence-electron chi connectivity index (χ0n) is 33.3. The van der Waals surface area contributed by atoms with Crippen LogP contribution in [0.3, 0.4) is 0 Å². The van der Waals surface area contributed by atoms with Crippen molar-refractivity contribution in [3.8, 4) is 0 Å². The molecular weight excluding hydrogens is 689 g/mol. The number of rotatable bonds is 38. The van der Waals surface area contributed by atoms with Gasteiger partial charge in [0.1, 0.15) is 6.61 Å². The molecule has 306 valence electrons. The first kappa shape index (κ1) is 50.7. The van der Waals surface area contributed by atoms with Gasteiger partial charge in [0.2, 0.25) is 0 Å². The fourth-order valence-electron chi connectivity index (χ4n) is 5.15. The van der Waals surface area contributed by atoms with Crippen LogP contribution in [0.1, 0.15) is 155 Å². The Kier molecular flexibility index (Phi) is 37.8. The summed E-state index contributed by atoms with van der Waals surface area (Å²) in [4.78, 5) is 22.4. The van der Waals surface area contributed by atoms with Gasteiger partial charge >= 0.3 is 13.8 Å². The zero-order chi connectivity index (χ0) is 38.9. The molecule has 0 radical (unpaired) electrons. The Hall–Kier alpha value is -2.26. The van der Waals surface area contributed by atoms with Gasteiger partial charge < -0.3 is 25.2 Å². The van der Waals surface area contributed by atoms with Gasteiger partial charge in [0, 0.05) is 13.0 Å². The first-order chi connectivity index (χ1) is 25.8. The number of allylic oxidation sites excluding steroid dienone is 9. The molecule has 0 spiro atoms. The second-order valence-electron chi connectivity index (χ2n) is 13.4. The van der Waals surface area contributed by atoms with Crippen LogP contribution in [0.4, 0.5) is 0 Å². The molecular formula is C43H76NO8P. The van der Waals surface area contributed by atoms with Crippen molar-refractivity contribution in [2.24, 2.45) is 5.73 Å².